The normalized spacial score (nSPS) is 27.0. The highest BCUT2D eigenvalue weighted by Crippen LogP contribution is 2.60. The number of nitrogens with zero attached hydrogens (tertiary/aromatic N) is 3. The van der Waals surface area contributed by atoms with E-state index in [1.165, 1.54) is 0 Å². The summed E-state index contributed by atoms with van der Waals surface area (Å²) in [5.74, 6) is -3.06. The summed E-state index contributed by atoms with van der Waals surface area (Å²) in [4.78, 5) is 61.4. The van der Waals surface area contributed by atoms with Gasteiger partial charge in [0.2, 0.25) is 17.7 Å². The predicted molar refractivity (Wildman–Crippen MR) is 192 cm³/mol. The summed E-state index contributed by atoms with van der Waals surface area (Å²) in [6.45, 7) is 16.0. The molecule has 3 aliphatic heterocycles. The van der Waals surface area contributed by atoms with Crippen molar-refractivity contribution in [2.45, 2.75) is 113 Å². The Kier molecular flexibility index (Phi) is 12.9. The minimum atomic E-state index is -1.22. The van der Waals surface area contributed by atoms with E-state index in [4.69, 9.17) is 9.47 Å². The zero-order valence-electron chi connectivity index (χ0n) is 29.7. The molecule has 0 aromatic heterocycles. The fraction of sp³-hybridized carbons (Fsp3) is 0.632. The van der Waals surface area contributed by atoms with Gasteiger partial charge in [-0.1, -0.05) is 71.3 Å². The standard InChI is InChI=1S/C38H54BrN3O7/c1-8-10-20-28(44)40(7)25(3)31(26-18-14-13-15-19-26)48-36(47)29-30-34(45)41(22-16-11-12-17-23-43)33(38(30)24-27(39)32(29)49-38)35(46)42(21-9-2)37(4,5)6/h8-9,13-15,18-19,25,27,29-33,43H,1-2,10-12,16-17,20-24H2,3-7H3/t25-,27?,29-,30+,31+,32-,33-,38+/m0/s1. The number of allylic oxidation sites excluding steroid dienone is 1. The van der Waals surface area contributed by atoms with Crippen LogP contribution in [0.4, 0.5) is 0 Å². The number of ether oxygens (including phenoxy) is 2. The molecule has 0 radical (unpaired) electrons. The molecule has 4 rings (SSSR count). The maximum atomic E-state index is 14.6. The van der Waals surface area contributed by atoms with Crippen molar-refractivity contribution in [1.82, 2.24) is 14.7 Å². The molecule has 3 heterocycles. The molecule has 1 aromatic rings. The number of carbonyl (C=O) groups is 4. The van der Waals surface area contributed by atoms with Crippen LogP contribution in [0.1, 0.15) is 84.3 Å². The van der Waals surface area contributed by atoms with Gasteiger partial charge in [-0.05, 0) is 58.9 Å². The van der Waals surface area contributed by atoms with Gasteiger partial charge >= 0.3 is 5.97 Å². The molecule has 1 aromatic carbocycles. The summed E-state index contributed by atoms with van der Waals surface area (Å²) in [5, 5.41) is 9.26. The molecule has 11 heteroatoms. The van der Waals surface area contributed by atoms with Crippen molar-refractivity contribution in [1.29, 1.82) is 0 Å². The minimum Gasteiger partial charge on any atom is -0.455 e. The van der Waals surface area contributed by atoms with Crippen LogP contribution in [0.25, 0.3) is 0 Å². The molecule has 3 fully saturated rings. The van der Waals surface area contributed by atoms with E-state index >= 15 is 0 Å². The second-order valence-corrected chi connectivity index (χ2v) is 15.8. The zero-order valence-corrected chi connectivity index (χ0v) is 31.3. The average molecular weight is 745 g/mol. The van der Waals surface area contributed by atoms with Crippen LogP contribution in [-0.4, -0.2) is 104 Å². The monoisotopic (exact) mass is 743 g/mol. The average Bonchev–Trinajstić information content (AvgIpc) is 3.66. The van der Waals surface area contributed by atoms with Crippen LogP contribution >= 0.6 is 15.9 Å². The maximum absolute atomic E-state index is 14.6. The van der Waals surface area contributed by atoms with E-state index in [-0.39, 0.29) is 35.6 Å². The Balaban J connectivity index is 1.71. The first-order valence-corrected chi connectivity index (χ1v) is 18.4. The van der Waals surface area contributed by atoms with Crippen molar-refractivity contribution in [3.8, 4) is 0 Å². The minimum absolute atomic E-state index is 0.100. The van der Waals surface area contributed by atoms with Gasteiger partial charge in [0.05, 0.1) is 24.0 Å². The molecule has 8 atom stereocenters. The molecule has 3 aliphatic rings. The molecule has 270 valence electrons. The smallest absolute Gasteiger partial charge is 0.313 e. The van der Waals surface area contributed by atoms with Gasteiger partial charge in [0, 0.05) is 43.5 Å². The molecule has 3 amide bonds. The fourth-order valence-electron chi connectivity index (χ4n) is 7.76. The molecular weight excluding hydrogens is 690 g/mol. The Morgan fingerprint density at radius 1 is 1.14 bits per heavy atom. The van der Waals surface area contributed by atoms with Crippen molar-refractivity contribution in [2.75, 3.05) is 26.7 Å². The van der Waals surface area contributed by atoms with Crippen molar-refractivity contribution in [2.24, 2.45) is 11.8 Å². The molecule has 1 unspecified atom stereocenters. The number of benzene rings is 1. The number of fused-ring (bicyclic) bond motifs is 1. The summed E-state index contributed by atoms with van der Waals surface area (Å²) in [5.41, 5.74) is -1.06. The number of aliphatic hydroxyl groups excluding tert-OH is 1. The molecule has 0 saturated carbocycles. The van der Waals surface area contributed by atoms with Gasteiger partial charge in [-0.3, -0.25) is 19.2 Å². The molecule has 49 heavy (non-hydrogen) atoms. The number of rotatable bonds is 17. The van der Waals surface area contributed by atoms with Gasteiger partial charge < -0.3 is 29.3 Å². The van der Waals surface area contributed by atoms with Crippen LogP contribution in [0.3, 0.4) is 0 Å². The number of halogens is 1. The van der Waals surface area contributed by atoms with E-state index < -0.39 is 53.2 Å². The third-order valence-electron chi connectivity index (χ3n) is 10.4. The lowest BCUT2D eigenvalue weighted by Gasteiger charge is -2.42. The van der Waals surface area contributed by atoms with Crippen molar-refractivity contribution in [3.63, 3.8) is 0 Å². The van der Waals surface area contributed by atoms with Gasteiger partial charge in [0.1, 0.15) is 17.7 Å². The van der Waals surface area contributed by atoms with Crippen LogP contribution in [0.2, 0.25) is 0 Å². The van der Waals surface area contributed by atoms with Gasteiger partial charge in [0.15, 0.2) is 0 Å². The predicted octanol–water partition coefficient (Wildman–Crippen LogP) is 5.20. The molecule has 1 spiro atoms. The number of carbonyl (C=O) groups excluding carboxylic acids is 4. The SMILES string of the molecule is C=CCCC(=O)N(C)[C@@H](C)[C@@H](OC(=O)[C@@H]1[C@H]2O[C@@]3(CC2Br)[C@H](C(=O)N(CC=C)C(C)(C)C)N(CCCCCCO)C(=O)[C@@H]13)c1ccccc1. The molecular formula is C38H54BrN3O7. The van der Waals surface area contributed by atoms with E-state index in [1.807, 2.05) is 58.0 Å². The summed E-state index contributed by atoms with van der Waals surface area (Å²) in [6.07, 6.45) is 5.99. The number of likely N-dealkylation sites (tertiary alicyclic amines) is 1. The number of likely N-dealkylation sites (N-methyl/N-ethyl adjacent to an activating group) is 1. The van der Waals surface area contributed by atoms with Crippen molar-refractivity contribution >= 4 is 39.6 Å². The number of alkyl halides is 1. The highest BCUT2D eigenvalue weighted by molar-refractivity contribution is 9.09. The lowest BCUT2D eigenvalue weighted by atomic mass is 9.70. The second-order valence-electron chi connectivity index (χ2n) is 14.6. The topological polar surface area (TPSA) is 117 Å². The zero-order chi connectivity index (χ0) is 36.1. The van der Waals surface area contributed by atoms with Crippen molar-refractivity contribution < 1.29 is 33.8 Å². The fourth-order valence-corrected chi connectivity index (χ4v) is 8.70. The molecule has 0 aliphatic carbocycles. The van der Waals surface area contributed by atoms with Gasteiger partial charge in [-0.15, -0.1) is 13.2 Å². The van der Waals surface area contributed by atoms with Gasteiger partial charge in [-0.2, -0.15) is 0 Å². The summed E-state index contributed by atoms with van der Waals surface area (Å²) >= 11 is 3.76. The van der Waals surface area contributed by atoms with Crippen LogP contribution in [0, 0.1) is 11.8 Å². The van der Waals surface area contributed by atoms with Gasteiger partial charge in [0.25, 0.3) is 0 Å². The van der Waals surface area contributed by atoms with E-state index in [9.17, 15) is 24.3 Å². The quantitative estimate of drug-likeness (QED) is 0.101. The summed E-state index contributed by atoms with van der Waals surface area (Å²) in [7, 11) is 1.70. The first-order valence-electron chi connectivity index (χ1n) is 17.5. The molecule has 3 saturated heterocycles. The highest BCUT2D eigenvalue weighted by Gasteiger charge is 2.77. The first-order chi connectivity index (χ1) is 23.2. The maximum Gasteiger partial charge on any atom is 0.313 e. The van der Waals surface area contributed by atoms with E-state index in [0.717, 1.165) is 18.4 Å². The highest BCUT2D eigenvalue weighted by atomic mass is 79.9. The van der Waals surface area contributed by atoms with E-state index in [0.29, 0.717) is 38.8 Å². The summed E-state index contributed by atoms with van der Waals surface area (Å²) < 4.78 is 13.1. The van der Waals surface area contributed by atoms with Gasteiger partial charge in [-0.25, -0.2) is 0 Å². The largest absolute Gasteiger partial charge is 0.455 e. The molecule has 1 N–H and O–H groups in total. The van der Waals surface area contributed by atoms with Crippen LogP contribution in [-0.2, 0) is 28.7 Å². The van der Waals surface area contributed by atoms with Crippen LogP contribution in [0.15, 0.2) is 55.6 Å². The number of esters is 1. The lowest BCUT2D eigenvalue weighted by Crippen LogP contribution is -2.60. The lowest BCUT2D eigenvalue weighted by molar-refractivity contribution is -0.164. The Labute approximate surface area is 300 Å². The molecule has 2 bridgehead atoms. The second kappa shape index (κ2) is 16.3. The molecule has 10 nitrogen and oxygen atoms in total. The van der Waals surface area contributed by atoms with Crippen LogP contribution in [0.5, 0.6) is 0 Å². The number of aliphatic hydroxyl groups is 1. The summed E-state index contributed by atoms with van der Waals surface area (Å²) in [6, 6.07) is 7.85. The van der Waals surface area contributed by atoms with Crippen LogP contribution < -0.4 is 0 Å². The number of unbranched alkanes of at least 4 members (excludes halogenated alkanes) is 3. The Hall–Kier alpha value is -3.02. The number of hydrogen-bond acceptors (Lipinski definition) is 7. The van der Waals surface area contributed by atoms with E-state index in [1.54, 1.807) is 33.9 Å². The Morgan fingerprint density at radius 3 is 2.43 bits per heavy atom. The third kappa shape index (κ3) is 7.84. The third-order valence-corrected chi connectivity index (χ3v) is 11.2. The Morgan fingerprint density at radius 2 is 1.82 bits per heavy atom. The Bertz CT molecular complexity index is 1370. The first kappa shape index (κ1) is 38.8. The number of amides is 3. The number of hydrogen-bond donors (Lipinski definition) is 1. The van der Waals surface area contributed by atoms with E-state index in [2.05, 4.69) is 29.1 Å². The van der Waals surface area contributed by atoms with Crippen molar-refractivity contribution in [3.05, 3.63) is 61.2 Å².